The lowest BCUT2D eigenvalue weighted by Gasteiger charge is -2.38. The molecule has 1 aliphatic heterocycles. The largest absolute Gasteiger partial charge is 0.450 e. The van der Waals surface area contributed by atoms with Crippen molar-refractivity contribution in [2.75, 3.05) is 19.7 Å². The van der Waals surface area contributed by atoms with Crippen LogP contribution >= 0.6 is 0 Å². The summed E-state index contributed by atoms with van der Waals surface area (Å²) in [5.74, 6) is -1.41. The lowest BCUT2D eigenvalue weighted by Crippen LogP contribution is -2.39. The van der Waals surface area contributed by atoms with E-state index in [0.717, 1.165) is 44.5 Å². The molecule has 0 amide bonds. The number of hydrogen-bond donors (Lipinski definition) is 0. The molecule has 1 heterocycles. The molecule has 0 saturated carbocycles. The summed E-state index contributed by atoms with van der Waals surface area (Å²) < 4.78 is 43.6. The van der Waals surface area contributed by atoms with Gasteiger partial charge in [-0.25, -0.2) is 0 Å². The molecule has 6 heteroatoms. The molecule has 3 nitrogen and oxygen atoms in total. The number of alkyl halides is 3. The van der Waals surface area contributed by atoms with Crippen LogP contribution < -0.4 is 0 Å². The standard InChI is InChI=1S/C17H26F3NO2/c1-3-23-15(11-16(22)17(18,19)20)13-10-12(2)6-7-14(13)21-8-4-5-9-21/h7,12-13,15H,3-6,8-11H2,1-2H3. The molecule has 1 aliphatic carbocycles. The summed E-state index contributed by atoms with van der Waals surface area (Å²) in [6, 6.07) is 0. The zero-order valence-corrected chi connectivity index (χ0v) is 13.9. The van der Waals surface area contributed by atoms with Crippen LogP contribution in [0.2, 0.25) is 0 Å². The fraction of sp³-hybridized carbons (Fsp3) is 0.824. The van der Waals surface area contributed by atoms with E-state index >= 15 is 0 Å². The second-order valence-electron chi connectivity index (χ2n) is 6.63. The number of ketones is 1. The Hall–Kier alpha value is -1.04. The van der Waals surface area contributed by atoms with Crippen LogP contribution in [-0.2, 0) is 9.53 Å². The second kappa shape index (κ2) is 7.69. The number of ether oxygens (including phenoxy) is 1. The first-order valence-corrected chi connectivity index (χ1v) is 8.49. The molecule has 0 bridgehead atoms. The second-order valence-corrected chi connectivity index (χ2v) is 6.63. The first-order chi connectivity index (χ1) is 10.8. The molecule has 0 N–H and O–H groups in total. The van der Waals surface area contributed by atoms with Crippen molar-refractivity contribution in [3.63, 3.8) is 0 Å². The summed E-state index contributed by atoms with van der Waals surface area (Å²) in [5, 5.41) is 0. The van der Waals surface area contributed by atoms with Gasteiger partial charge in [-0.3, -0.25) is 4.79 Å². The molecular formula is C17H26F3NO2. The zero-order chi connectivity index (χ0) is 17.0. The molecule has 1 saturated heterocycles. The maximum Gasteiger partial charge on any atom is 0.450 e. The molecule has 132 valence electrons. The van der Waals surface area contributed by atoms with Gasteiger partial charge in [0.05, 0.1) is 6.10 Å². The van der Waals surface area contributed by atoms with Gasteiger partial charge < -0.3 is 9.64 Å². The van der Waals surface area contributed by atoms with E-state index in [-0.39, 0.29) is 5.92 Å². The number of halogens is 3. The molecule has 0 aromatic heterocycles. The highest BCUT2D eigenvalue weighted by Gasteiger charge is 2.42. The number of carbonyl (C=O) groups excluding carboxylic acids is 1. The zero-order valence-electron chi connectivity index (χ0n) is 13.9. The van der Waals surface area contributed by atoms with Crippen LogP contribution in [0.5, 0.6) is 0 Å². The predicted octanol–water partition coefficient (Wildman–Crippen LogP) is 3.94. The van der Waals surface area contributed by atoms with Crippen LogP contribution in [0.15, 0.2) is 11.8 Å². The van der Waals surface area contributed by atoms with E-state index in [1.165, 1.54) is 0 Å². The van der Waals surface area contributed by atoms with Gasteiger partial charge in [0, 0.05) is 37.7 Å². The Kier molecular flexibility index (Phi) is 6.12. The number of hydrogen-bond acceptors (Lipinski definition) is 3. The van der Waals surface area contributed by atoms with Gasteiger partial charge in [-0.2, -0.15) is 13.2 Å². The summed E-state index contributed by atoms with van der Waals surface area (Å²) in [6.45, 7) is 6.06. The summed E-state index contributed by atoms with van der Waals surface area (Å²) in [5.41, 5.74) is 1.09. The van der Waals surface area contributed by atoms with Gasteiger partial charge in [0.2, 0.25) is 5.78 Å². The molecular weight excluding hydrogens is 307 g/mol. The Balaban J connectivity index is 2.18. The van der Waals surface area contributed by atoms with E-state index < -0.39 is 24.5 Å². The summed E-state index contributed by atoms with van der Waals surface area (Å²) in [7, 11) is 0. The van der Waals surface area contributed by atoms with Gasteiger partial charge in [-0.1, -0.05) is 13.0 Å². The third kappa shape index (κ3) is 4.72. The van der Waals surface area contributed by atoms with Crippen molar-refractivity contribution in [1.82, 2.24) is 4.90 Å². The van der Waals surface area contributed by atoms with E-state index in [9.17, 15) is 18.0 Å². The first kappa shape index (κ1) is 18.3. The molecule has 0 aromatic carbocycles. The minimum Gasteiger partial charge on any atom is -0.377 e. The molecule has 0 aromatic rings. The van der Waals surface area contributed by atoms with Gasteiger partial charge in [0.25, 0.3) is 0 Å². The Morgan fingerprint density at radius 2 is 2.04 bits per heavy atom. The maximum absolute atomic E-state index is 12.7. The fourth-order valence-corrected chi connectivity index (χ4v) is 3.63. The summed E-state index contributed by atoms with van der Waals surface area (Å²) in [4.78, 5) is 13.7. The minimum atomic E-state index is -4.78. The SMILES string of the molecule is CCOC(CC(=O)C(F)(F)F)C1CC(C)CC=C1N1CCCC1. The monoisotopic (exact) mass is 333 g/mol. The molecule has 3 atom stereocenters. The van der Waals surface area contributed by atoms with Crippen LogP contribution in [0.4, 0.5) is 13.2 Å². The average Bonchev–Trinajstić information content (AvgIpc) is 2.99. The molecule has 0 radical (unpaired) electrons. The van der Waals surface area contributed by atoms with Crippen LogP contribution in [0.25, 0.3) is 0 Å². The number of likely N-dealkylation sites (tertiary alicyclic amines) is 1. The lowest BCUT2D eigenvalue weighted by atomic mass is 9.80. The van der Waals surface area contributed by atoms with Crippen molar-refractivity contribution >= 4 is 5.78 Å². The number of rotatable bonds is 6. The van der Waals surface area contributed by atoms with Crippen LogP contribution in [-0.4, -0.2) is 42.7 Å². The number of Topliss-reactive ketones (excluding diaryl/α,β-unsaturated/α-hetero) is 1. The lowest BCUT2D eigenvalue weighted by molar-refractivity contribution is -0.174. The van der Waals surface area contributed by atoms with Gasteiger partial charge in [0.1, 0.15) is 0 Å². The molecule has 3 unspecified atom stereocenters. The predicted molar refractivity (Wildman–Crippen MR) is 81.9 cm³/mol. The highest BCUT2D eigenvalue weighted by atomic mass is 19.4. The van der Waals surface area contributed by atoms with Gasteiger partial charge in [-0.05, 0) is 38.5 Å². The van der Waals surface area contributed by atoms with Crippen molar-refractivity contribution in [3.05, 3.63) is 11.8 Å². The number of allylic oxidation sites excluding steroid dienone is 1. The smallest absolute Gasteiger partial charge is 0.377 e. The highest BCUT2D eigenvalue weighted by Crippen LogP contribution is 2.37. The maximum atomic E-state index is 12.7. The number of nitrogens with zero attached hydrogens (tertiary/aromatic N) is 1. The first-order valence-electron chi connectivity index (χ1n) is 8.49. The van der Waals surface area contributed by atoms with Crippen molar-refractivity contribution in [2.24, 2.45) is 11.8 Å². The third-order valence-corrected chi connectivity index (χ3v) is 4.77. The van der Waals surface area contributed by atoms with Crippen LogP contribution in [0.1, 0.15) is 46.0 Å². The van der Waals surface area contributed by atoms with E-state index in [1.54, 1.807) is 6.92 Å². The normalized spacial score (nSPS) is 27.0. The van der Waals surface area contributed by atoms with Crippen molar-refractivity contribution < 1.29 is 22.7 Å². The van der Waals surface area contributed by atoms with Crippen molar-refractivity contribution in [3.8, 4) is 0 Å². The summed E-state index contributed by atoms with van der Waals surface area (Å²) in [6.07, 6.45) is 0.0259. The third-order valence-electron chi connectivity index (χ3n) is 4.77. The molecule has 2 aliphatic rings. The van der Waals surface area contributed by atoms with Gasteiger partial charge in [0.15, 0.2) is 0 Å². The minimum absolute atomic E-state index is 0.122. The Labute approximate surface area is 135 Å². The average molecular weight is 333 g/mol. The Morgan fingerprint density at radius 3 is 2.61 bits per heavy atom. The molecule has 1 fully saturated rings. The van der Waals surface area contributed by atoms with Crippen LogP contribution in [0.3, 0.4) is 0 Å². The number of carbonyl (C=O) groups is 1. The molecule has 2 rings (SSSR count). The molecule has 0 spiro atoms. The fourth-order valence-electron chi connectivity index (χ4n) is 3.63. The van der Waals surface area contributed by atoms with Crippen molar-refractivity contribution in [1.29, 1.82) is 0 Å². The highest BCUT2D eigenvalue weighted by molar-refractivity contribution is 5.84. The van der Waals surface area contributed by atoms with Gasteiger partial charge >= 0.3 is 6.18 Å². The topological polar surface area (TPSA) is 29.5 Å². The Morgan fingerprint density at radius 1 is 1.39 bits per heavy atom. The van der Waals surface area contributed by atoms with Crippen molar-refractivity contribution in [2.45, 2.75) is 58.2 Å². The summed E-state index contributed by atoms with van der Waals surface area (Å²) >= 11 is 0. The molecule has 23 heavy (non-hydrogen) atoms. The Bertz CT molecular complexity index is 442. The van der Waals surface area contributed by atoms with Crippen LogP contribution in [0, 0.1) is 11.8 Å². The van der Waals surface area contributed by atoms with E-state index in [2.05, 4.69) is 17.9 Å². The van der Waals surface area contributed by atoms with Gasteiger partial charge in [-0.15, -0.1) is 0 Å². The van der Waals surface area contributed by atoms with E-state index in [4.69, 9.17) is 4.74 Å². The van der Waals surface area contributed by atoms with E-state index in [1.807, 2.05) is 0 Å². The van der Waals surface area contributed by atoms with E-state index in [0.29, 0.717) is 12.5 Å². The quantitative estimate of drug-likeness (QED) is 0.737.